The van der Waals surface area contributed by atoms with Crippen molar-refractivity contribution in [1.29, 1.82) is 5.41 Å². The number of amides is 12. The molecule has 38 nitrogen and oxygen atoms in total. The Kier molecular flexibility index (Phi) is 33.7. The van der Waals surface area contributed by atoms with Crippen molar-refractivity contribution in [2.45, 2.75) is 92.8 Å². The first-order valence-corrected chi connectivity index (χ1v) is 39.1. The molecular weight excluding hydrogens is 1530 g/mol. The number of carboxylic acid groups (broad SMARTS) is 1. The van der Waals surface area contributed by atoms with Crippen molar-refractivity contribution in [3.63, 3.8) is 0 Å². The van der Waals surface area contributed by atoms with E-state index in [2.05, 4.69) is 63.8 Å². The van der Waals surface area contributed by atoms with Gasteiger partial charge in [-0.3, -0.25) is 67.7 Å². The number of unbranched alkanes of at least 4 members (excludes halogenated alkanes) is 1. The highest BCUT2D eigenvalue weighted by molar-refractivity contribution is 8.76. The molecule has 4 aliphatic heterocycles. The van der Waals surface area contributed by atoms with Gasteiger partial charge in [-0.25, -0.2) is 4.79 Å². The molecule has 4 aromatic rings. The number of hydrogen-bond donors (Lipinski definition) is 18. The molecule has 20 N–H and O–H groups in total. The lowest BCUT2D eigenvalue weighted by Crippen LogP contribution is -2.60. The minimum atomic E-state index is -1.86. The maximum atomic E-state index is 14.9. The van der Waals surface area contributed by atoms with E-state index in [0.717, 1.165) is 33.3 Å². The van der Waals surface area contributed by atoms with Crippen molar-refractivity contribution in [1.82, 2.24) is 63.8 Å². The van der Waals surface area contributed by atoms with Gasteiger partial charge < -0.3 is 119 Å². The molecule has 12 amide bonds. The largest absolute Gasteiger partial charge is 0.508 e. The van der Waals surface area contributed by atoms with Gasteiger partial charge in [0.1, 0.15) is 78.5 Å². The third-order valence-corrected chi connectivity index (χ3v) is 20.6. The number of thioether (sulfide) groups is 1. The van der Waals surface area contributed by atoms with Crippen molar-refractivity contribution in [3.05, 3.63) is 118 Å². The number of carbonyl (C=O) groups excluding carboxylic acids is 13. The number of carboxylic acids is 1. The van der Waals surface area contributed by atoms with E-state index in [-0.39, 0.29) is 162 Å². The Labute approximate surface area is 653 Å². The first kappa shape index (κ1) is 86.6. The molecule has 4 aromatic carbocycles. The molecule has 0 aliphatic carbocycles. The summed E-state index contributed by atoms with van der Waals surface area (Å²) in [7, 11) is 1.77. The van der Waals surface area contributed by atoms with Crippen molar-refractivity contribution in [2.24, 2.45) is 11.5 Å². The van der Waals surface area contributed by atoms with Gasteiger partial charge in [-0.1, -0.05) is 51.9 Å². The Morgan fingerprint density at radius 1 is 0.554 bits per heavy atom. The van der Waals surface area contributed by atoms with Crippen LogP contribution in [0.2, 0.25) is 0 Å². The zero-order valence-corrected chi connectivity index (χ0v) is 62.9. The van der Waals surface area contributed by atoms with Gasteiger partial charge in [0.2, 0.25) is 65.0 Å². The van der Waals surface area contributed by atoms with Crippen LogP contribution >= 0.6 is 33.3 Å². The van der Waals surface area contributed by atoms with Crippen molar-refractivity contribution >= 4 is 122 Å². The fourth-order valence-electron chi connectivity index (χ4n) is 11.8. The van der Waals surface area contributed by atoms with Crippen LogP contribution in [0.4, 0.5) is 0 Å². The Balaban J connectivity index is 1.02. The molecule has 0 radical (unpaired) electrons. The molecular formula is C71H89N15O23S3. The number of esters is 1. The van der Waals surface area contributed by atoms with Gasteiger partial charge in [0.25, 0.3) is 5.91 Å². The van der Waals surface area contributed by atoms with Crippen LogP contribution in [0.15, 0.2) is 84.9 Å². The number of benzene rings is 4. The lowest BCUT2D eigenvalue weighted by Gasteiger charge is -2.36. The van der Waals surface area contributed by atoms with Gasteiger partial charge in [0.05, 0.1) is 63.9 Å². The number of guanidine groups is 1. The van der Waals surface area contributed by atoms with Gasteiger partial charge in [0.15, 0.2) is 11.6 Å². The number of nitrogens with two attached hydrogens (primary N) is 2. The molecule has 2 fully saturated rings. The average Bonchev–Trinajstić information content (AvgIpc) is 1.50. The van der Waals surface area contributed by atoms with E-state index in [0.29, 0.717) is 16.7 Å². The number of fused-ring (bicyclic) bond motifs is 11. The van der Waals surface area contributed by atoms with Crippen molar-refractivity contribution in [2.75, 3.05) is 109 Å². The van der Waals surface area contributed by atoms with Gasteiger partial charge in [-0.15, -0.1) is 11.8 Å². The van der Waals surface area contributed by atoms with E-state index in [9.17, 15) is 82.4 Å². The first-order chi connectivity index (χ1) is 53.8. The van der Waals surface area contributed by atoms with Gasteiger partial charge in [-0.05, 0) is 80.1 Å². The number of carbonyl (C=O) groups is 14. The second kappa shape index (κ2) is 43.6. The van der Waals surface area contributed by atoms with Gasteiger partial charge in [-0.2, -0.15) is 0 Å². The zero-order valence-electron chi connectivity index (χ0n) is 60.5. The molecule has 0 saturated carbocycles. The fraction of sp³-hybridized carbons (Fsp3) is 0.451. The summed E-state index contributed by atoms with van der Waals surface area (Å²) in [6, 6.07) is 10.2. The summed E-state index contributed by atoms with van der Waals surface area (Å²) in [6.45, 7) is -0.924. The number of hydrogen-bond acceptors (Lipinski definition) is 26. The molecule has 7 atom stereocenters. The number of phenolic OH excluding ortho intramolecular Hbond substituents is 2. The molecule has 8 rings (SSSR count). The molecule has 2 saturated heterocycles. The minimum absolute atomic E-state index is 0.0243. The summed E-state index contributed by atoms with van der Waals surface area (Å²) < 4.78 is 33.7. The SMILES string of the molecule is N=C(N)NCCC[C@@H]1NC(=O)[C@@H]2CSSC[C@H](NC(=O)[C@H](CC(=O)O)NC(=O)CNC1=O)C(=O)N[C@@H](Cc1ccccc1)C(=O)N[C@H](C(=O)NCCOCCOCCOCCNC(=O)COCC(N)=O)CSCC(=O)N[C@@H](CCCCNC(=O)c1ccc3c(c1)C1(OC3=O)c3ccc(O)cc3Oc3cc(O)ccc31)C(=O)N2. The molecule has 604 valence electrons. The predicted octanol–water partition coefficient (Wildman–Crippen LogP) is -3.02. The van der Waals surface area contributed by atoms with Crippen LogP contribution in [0, 0.1) is 5.41 Å². The third kappa shape index (κ3) is 26.3. The van der Waals surface area contributed by atoms with Crippen LogP contribution in [-0.2, 0) is 93.2 Å². The lowest BCUT2D eigenvalue weighted by molar-refractivity contribution is -0.141. The number of aromatic hydroxyl groups is 2. The van der Waals surface area contributed by atoms with Crippen LogP contribution in [0.25, 0.3) is 0 Å². The second-order valence-electron chi connectivity index (χ2n) is 25.6. The van der Waals surface area contributed by atoms with E-state index in [1.54, 1.807) is 30.3 Å². The van der Waals surface area contributed by atoms with E-state index in [4.69, 9.17) is 45.3 Å². The molecule has 2 bridgehead atoms. The van der Waals surface area contributed by atoms with E-state index in [1.165, 1.54) is 54.6 Å². The molecule has 0 unspecified atom stereocenters. The molecule has 1 spiro atoms. The summed E-state index contributed by atoms with van der Waals surface area (Å²) in [6.07, 6.45) is -1.17. The van der Waals surface area contributed by atoms with Gasteiger partial charge >= 0.3 is 11.9 Å². The number of primary amides is 1. The molecule has 0 aromatic heterocycles. The molecule has 4 aliphatic rings. The standard InChI is InChI=1S/C71H89N15O23S3/c72-56(89)33-107-34-58(91)75-19-21-104-23-25-106-26-24-105-22-20-77-63(97)51-35-110-38-59(92)80-48(9-4-5-17-76-61(95)40-11-14-43-46(28-40)71(109-69(43)103)44-15-12-41(87)29-54(44)108-55-30-42(88)13-16-45(55)71)64(98)85-52-36-111-112-37-53(68(102)83-49(65(99)84-51)27-39-7-2-1-3-8-39)86-66(100)50(31-60(93)94)81-57(90)32-79-62(96)47(82-67(52)101)10-6-18-78-70(73)74/h1-3,7-8,11-16,28-30,47-53,87-88H,4-6,9-10,17-27,31-38H2,(H2,72,89)(H,75,91)(H,76,95)(H,77,97)(H,79,96)(H,80,92)(H,81,90)(H,82,101)(H,83,102)(H,84,99)(H,85,98)(H,86,100)(H,93,94)(H4,73,74,78)/t47-,48-,49-,50-,51-,52-,53-/m0/s1. The number of nitrogens with one attached hydrogen (secondary N) is 13. The lowest BCUT2D eigenvalue weighted by atomic mass is 9.77. The number of ether oxygens (including phenoxy) is 6. The normalized spacial score (nSPS) is 20.3. The number of rotatable bonds is 31. The quantitative estimate of drug-likeness (QED) is 0.00784. The first-order valence-electron chi connectivity index (χ1n) is 35.5. The Hall–Kier alpha value is -11.0. The molecule has 112 heavy (non-hydrogen) atoms. The second-order valence-corrected chi connectivity index (χ2v) is 29.2. The Bertz CT molecular complexity index is 4040. The summed E-state index contributed by atoms with van der Waals surface area (Å²) >= 11 is 0.861. The summed E-state index contributed by atoms with van der Waals surface area (Å²) in [5, 5.41) is 69.5. The highest BCUT2D eigenvalue weighted by atomic mass is 33.1. The predicted molar refractivity (Wildman–Crippen MR) is 403 cm³/mol. The maximum Gasteiger partial charge on any atom is 0.340 e. The van der Waals surface area contributed by atoms with Gasteiger partial charge in [0, 0.05) is 84.2 Å². The number of aliphatic carboxylic acids is 1. The highest BCUT2D eigenvalue weighted by Gasteiger charge is 2.54. The fourth-order valence-corrected chi connectivity index (χ4v) is 15.0. The minimum Gasteiger partial charge on any atom is -0.508 e. The van der Waals surface area contributed by atoms with Crippen LogP contribution in [0.5, 0.6) is 23.0 Å². The smallest absolute Gasteiger partial charge is 0.340 e. The van der Waals surface area contributed by atoms with Crippen molar-refractivity contribution in [3.8, 4) is 23.0 Å². The average molecular weight is 1620 g/mol. The molecule has 41 heteroatoms. The van der Waals surface area contributed by atoms with Crippen LogP contribution in [0.3, 0.4) is 0 Å². The summed E-state index contributed by atoms with van der Waals surface area (Å²) in [5.74, 6) is -14.6. The highest BCUT2D eigenvalue weighted by Crippen LogP contribution is 2.57. The topological polar surface area (TPSA) is 575 Å². The molecule has 4 heterocycles. The third-order valence-electron chi connectivity index (χ3n) is 17.2. The summed E-state index contributed by atoms with van der Waals surface area (Å²) in [5.41, 5.74) is 10.4. The maximum absolute atomic E-state index is 14.9. The monoisotopic (exact) mass is 1620 g/mol. The zero-order chi connectivity index (χ0) is 80.7. The van der Waals surface area contributed by atoms with Crippen LogP contribution < -0.4 is 80.0 Å². The Morgan fingerprint density at radius 2 is 1.13 bits per heavy atom. The van der Waals surface area contributed by atoms with Crippen molar-refractivity contribution < 1.29 is 111 Å². The van der Waals surface area contributed by atoms with E-state index in [1.807, 2.05) is 0 Å². The van der Waals surface area contributed by atoms with E-state index >= 15 is 0 Å². The summed E-state index contributed by atoms with van der Waals surface area (Å²) in [4.78, 5) is 192. The van der Waals surface area contributed by atoms with Crippen LogP contribution in [0.1, 0.15) is 81.5 Å². The number of phenols is 2. The Morgan fingerprint density at radius 3 is 1.77 bits per heavy atom. The van der Waals surface area contributed by atoms with E-state index < -0.39 is 168 Å². The van der Waals surface area contributed by atoms with Crippen LogP contribution in [-0.4, -0.2) is 255 Å².